The lowest BCUT2D eigenvalue weighted by Gasteiger charge is -2.20. The van der Waals surface area contributed by atoms with Gasteiger partial charge in [-0.2, -0.15) is 0 Å². The Kier molecular flexibility index (Phi) is 35.9. The number of phosphoric ester groups is 1. The number of aliphatic carboxylic acids is 1. The fraction of sp³-hybridized carbons (Fsp3) is 0.878. The molecular formula is C41H78NO10P. The van der Waals surface area contributed by atoms with Crippen LogP contribution in [0.1, 0.15) is 200 Å². The minimum Gasteiger partial charge on any atom is -0.480 e. The Balaban J connectivity index is 4.37. The van der Waals surface area contributed by atoms with Crippen molar-refractivity contribution in [2.24, 2.45) is 5.73 Å². The van der Waals surface area contributed by atoms with Crippen LogP contribution in [-0.4, -0.2) is 59.9 Å². The van der Waals surface area contributed by atoms with Gasteiger partial charge in [-0.1, -0.05) is 161 Å². The molecule has 12 heteroatoms. The highest BCUT2D eigenvalue weighted by molar-refractivity contribution is 7.47. The largest absolute Gasteiger partial charge is 0.480 e. The Labute approximate surface area is 322 Å². The third-order valence-corrected chi connectivity index (χ3v) is 10.2. The fourth-order valence-corrected chi connectivity index (χ4v) is 6.66. The summed E-state index contributed by atoms with van der Waals surface area (Å²) in [6.45, 7) is 2.79. The van der Waals surface area contributed by atoms with Gasteiger partial charge >= 0.3 is 25.7 Å². The number of rotatable bonds is 40. The van der Waals surface area contributed by atoms with E-state index in [2.05, 4.69) is 30.5 Å². The van der Waals surface area contributed by atoms with E-state index in [-0.39, 0.29) is 19.4 Å². The number of carboxylic acid groups (broad SMARTS) is 1. The minimum atomic E-state index is -4.71. The second-order valence-electron chi connectivity index (χ2n) is 14.5. The van der Waals surface area contributed by atoms with E-state index < -0.39 is 51.1 Å². The van der Waals surface area contributed by atoms with Crippen LogP contribution in [0.2, 0.25) is 0 Å². The second-order valence-corrected chi connectivity index (χ2v) is 15.9. The number of unbranched alkanes of at least 4 members (excludes halogenated alkanes) is 24. The Morgan fingerprint density at radius 2 is 0.943 bits per heavy atom. The molecule has 0 heterocycles. The van der Waals surface area contributed by atoms with Crippen molar-refractivity contribution in [1.82, 2.24) is 0 Å². The van der Waals surface area contributed by atoms with Crippen LogP contribution in [-0.2, 0) is 37.5 Å². The van der Waals surface area contributed by atoms with Crippen LogP contribution in [0.15, 0.2) is 12.2 Å². The van der Waals surface area contributed by atoms with Crippen LogP contribution in [0.3, 0.4) is 0 Å². The van der Waals surface area contributed by atoms with E-state index in [0.717, 1.165) is 44.9 Å². The smallest absolute Gasteiger partial charge is 0.472 e. The molecule has 3 atom stereocenters. The summed E-state index contributed by atoms with van der Waals surface area (Å²) in [5.74, 6) is -2.39. The van der Waals surface area contributed by atoms with Gasteiger partial charge in [0.05, 0.1) is 13.2 Å². The van der Waals surface area contributed by atoms with Crippen molar-refractivity contribution in [1.29, 1.82) is 0 Å². The quantitative estimate of drug-likeness (QED) is 0.0234. The van der Waals surface area contributed by atoms with Crippen LogP contribution >= 0.6 is 7.82 Å². The van der Waals surface area contributed by atoms with Crippen molar-refractivity contribution in [3.05, 3.63) is 12.2 Å². The molecule has 0 spiro atoms. The van der Waals surface area contributed by atoms with Crippen LogP contribution in [0.5, 0.6) is 0 Å². The monoisotopic (exact) mass is 776 g/mol. The van der Waals surface area contributed by atoms with Crippen molar-refractivity contribution < 1.29 is 47.5 Å². The maximum Gasteiger partial charge on any atom is 0.472 e. The standard InChI is InChI=1S/C41H78NO10P/c1-3-5-7-9-11-13-15-17-18-19-21-23-25-27-29-31-33-40(44)52-37(35-50-53(47,48)51-36-38(42)41(45)46)34-49-39(43)32-30-28-26-24-22-20-16-14-12-10-8-6-4-2/h20,22,37-38H,3-19,21,23-36,42H2,1-2H3,(H,45,46)(H,47,48)/b22-20+/t37-,38+/m1/s1. The molecule has 53 heavy (non-hydrogen) atoms. The van der Waals surface area contributed by atoms with E-state index in [1.54, 1.807) is 0 Å². The number of carbonyl (C=O) groups is 3. The van der Waals surface area contributed by atoms with Crippen molar-refractivity contribution >= 4 is 25.7 Å². The van der Waals surface area contributed by atoms with Gasteiger partial charge in [-0.15, -0.1) is 0 Å². The van der Waals surface area contributed by atoms with Gasteiger partial charge in [0.15, 0.2) is 6.10 Å². The summed E-state index contributed by atoms with van der Waals surface area (Å²) in [7, 11) is -4.71. The van der Waals surface area contributed by atoms with Gasteiger partial charge in [0.1, 0.15) is 12.6 Å². The highest BCUT2D eigenvalue weighted by atomic mass is 31.2. The first kappa shape index (κ1) is 51.2. The molecule has 0 saturated heterocycles. The Hall–Kier alpha value is -1.78. The first-order valence-corrected chi connectivity index (χ1v) is 22.7. The van der Waals surface area contributed by atoms with E-state index >= 15 is 0 Å². The van der Waals surface area contributed by atoms with Gasteiger partial charge in [0, 0.05) is 12.8 Å². The molecular weight excluding hydrogens is 697 g/mol. The van der Waals surface area contributed by atoms with Crippen molar-refractivity contribution in [3.63, 3.8) is 0 Å². The Morgan fingerprint density at radius 3 is 1.40 bits per heavy atom. The number of phosphoric acid groups is 1. The minimum absolute atomic E-state index is 0.164. The van der Waals surface area contributed by atoms with Gasteiger partial charge in [0.2, 0.25) is 0 Å². The number of hydrogen-bond donors (Lipinski definition) is 3. The van der Waals surface area contributed by atoms with E-state index in [4.69, 9.17) is 24.8 Å². The number of nitrogens with two attached hydrogens (primary N) is 1. The molecule has 312 valence electrons. The molecule has 0 aromatic carbocycles. The maximum atomic E-state index is 12.6. The van der Waals surface area contributed by atoms with E-state index in [9.17, 15) is 23.8 Å². The SMILES string of the molecule is CCCCCCCC/C=C/CCCCCC(=O)OC[C@H](COP(=O)(O)OC[C@H](N)C(=O)O)OC(=O)CCCCCCCCCCCCCCCCCC. The molecule has 0 amide bonds. The van der Waals surface area contributed by atoms with E-state index in [1.165, 1.54) is 116 Å². The van der Waals surface area contributed by atoms with Gasteiger partial charge in [-0.05, 0) is 38.5 Å². The van der Waals surface area contributed by atoms with Crippen molar-refractivity contribution in [3.8, 4) is 0 Å². The molecule has 0 radical (unpaired) electrons. The summed E-state index contributed by atoms with van der Waals surface area (Å²) in [6.07, 6.45) is 35.6. The summed E-state index contributed by atoms with van der Waals surface area (Å²) in [5, 5.41) is 8.87. The number of carboxylic acids is 1. The second kappa shape index (κ2) is 37.2. The van der Waals surface area contributed by atoms with Gasteiger partial charge in [-0.25, -0.2) is 4.57 Å². The number of esters is 2. The highest BCUT2D eigenvalue weighted by Crippen LogP contribution is 2.43. The lowest BCUT2D eigenvalue weighted by molar-refractivity contribution is -0.161. The van der Waals surface area contributed by atoms with Crippen LogP contribution in [0, 0.1) is 0 Å². The molecule has 0 aromatic heterocycles. The molecule has 0 aromatic rings. The average molecular weight is 776 g/mol. The lowest BCUT2D eigenvalue weighted by Crippen LogP contribution is -2.34. The van der Waals surface area contributed by atoms with Gasteiger partial charge in [0.25, 0.3) is 0 Å². The predicted octanol–water partition coefficient (Wildman–Crippen LogP) is 10.9. The molecule has 1 unspecified atom stereocenters. The number of allylic oxidation sites excluding steroid dienone is 2. The first-order valence-electron chi connectivity index (χ1n) is 21.2. The zero-order valence-electron chi connectivity index (χ0n) is 33.6. The maximum absolute atomic E-state index is 12.6. The third kappa shape index (κ3) is 36.9. The summed E-state index contributed by atoms with van der Waals surface area (Å²) in [5.41, 5.74) is 5.33. The van der Waals surface area contributed by atoms with Gasteiger partial charge in [-0.3, -0.25) is 23.4 Å². The van der Waals surface area contributed by atoms with Gasteiger partial charge < -0.3 is 25.2 Å². The topological polar surface area (TPSA) is 172 Å². The first-order chi connectivity index (χ1) is 25.6. The Morgan fingerprint density at radius 1 is 0.566 bits per heavy atom. The molecule has 0 bridgehead atoms. The zero-order chi connectivity index (χ0) is 39.3. The average Bonchev–Trinajstić information content (AvgIpc) is 3.13. The molecule has 0 aliphatic rings. The van der Waals surface area contributed by atoms with E-state index in [1.807, 2.05) is 0 Å². The molecule has 11 nitrogen and oxygen atoms in total. The summed E-state index contributed by atoms with van der Waals surface area (Å²) in [6, 6.07) is -1.52. The Bertz CT molecular complexity index is 963. The number of hydrogen-bond acceptors (Lipinski definition) is 9. The number of carbonyl (C=O) groups excluding carboxylic acids is 2. The fourth-order valence-electron chi connectivity index (χ4n) is 5.88. The lowest BCUT2D eigenvalue weighted by atomic mass is 10.0. The normalized spacial score (nSPS) is 13.9. The molecule has 0 saturated carbocycles. The molecule has 0 fully saturated rings. The number of ether oxygens (including phenoxy) is 2. The molecule has 0 aliphatic heterocycles. The summed E-state index contributed by atoms with van der Waals surface area (Å²) in [4.78, 5) is 45.9. The molecule has 0 aliphatic carbocycles. The van der Waals surface area contributed by atoms with Crippen molar-refractivity contribution in [2.75, 3.05) is 19.8 Å². The summed E-state index contributed by atoms with van der Waals surface area (Å²) >= 11 is 0. The molecule has 0 rings (SSSR count). The molecule has 4 N–H and O–H groups in total. The highest BCUT2D eigenvalue weighted by Gasteiger charge is 2.28. The third-order valence-electron chi connectivity index (χ3n) is 9.26. The van der Waals surface area contributed by atoms with Crippen LogP contribution in [0.4, 0.5) is 0 Å². The van der Waals surface area contributed by atoms with Crippen molar-refractivity contribution in [2.45, 2.75) is 212 Å². The zero-order valence-corrected chi connectivity index (χ0v) is 34.5. The van der Waals surface area contributed by atoms with Crippen LogP contribution < -0.4 is 5.73 Å². The predicted molar refractivity (Wildman–Crippen MR) is 213 cm³/mol. The van der Waals surface area contributed by atoms with Crippen LogP contribution in [0.25, 0.3) is 0 Å². The summed E-state index contributed by atoms with van der Waals surface area (Å²) < 4.78 is 32.6. The van der Waals surface area contributed by atoms with E-state index in [0.29, 0.717) is 12.8 Å².